The summed E-state index contributed by atoms with van der Waals surface area (Å²) in [5, 5.41) is 9.19. The van der Waals surface area contributed by atoms with Crippen LogP contribution >= 0.6 is 0 Å². The van der Waals surface area contributed by atoms with Crippen LogP contribution in [0.2, 0.25) is 0 Å². The number of nitriles is 1. The van der Waals surface area contributed by atoms with E-state index >= 15 is 0 Å². The van der Waals surface area contributed by atoms with Crippen molar-refractivity contribution >= 4 is 0 Å². The topological polar surface area (TPSA) is 42.2 Å². The van der Waals surface area contributed by atoms with Crippen LogP contribution in [0.3, 0.4) is 0 Å². The van der Waals surface area contributed by atoms with Crippen LogP contribution in [0.15, 0.2) is 11.1 Å². The lowest BCUT2D eigenvalue weighted by Gasteiger charge is -2.34. The zero-order valence-corrected chi connectivity index (χ0v) is 15.0. The fraction of sp³-hybridized carbons (Fsp3) is 0.824. The Morgan fingerprint density at radius 1 is 0.897 bits per heavy atom. The van der Waals surface area contributed by atoms with Gasteiger partial charge in [0.2, 0.25) is 0 Å². The highest BCUT2D eigenvalue weighted by Gasteiger charge is 2.81. The lowest BCUT2D eigenvalue weighted by Crippen LogP contribution is -2.60. The molecule has 0 radical (unpaired) electrons. The molecule has 0 aromatic carbocycles. The number of rotatable bonds is 6. The Bertz CT molecular complexity index is 661. The summed E-state index contributed by atoms with van der Waals surface area (Å²) in [5.41, 5.74) is 0.604. The van der Waals surface area contributed by atoms with E-state index in [9.17, 15) is 44.8 Å². The lowest BCUT2D eigenvalue weighted by atomic mass is 9.85. The standard InChI is InChI=1S/C17H18F9NO2/c18-14(19,15(20,21)16(22,23)17(24,25)26)5-1-2-12(10-27)11-3-6-13(7-4-11)28-8-9-29-13/h1-9H2. The first kappa shape index (κ1) is 23.8. The first-order chi connectivity index (χ1) is 13.2. The molecule has 2 rings (SSSR count). The number of hydrogen-bond donors (Lipinski definition) is 0. The van der Waals surface area contributed by atoms with Gasteiger partial charge in [0.15, 0.2) is 5.79 Å². The third-order valence-corrected chi connectivity index (χ3v) is 5.12. The molecule has 0 atom stereocenters. The molecule has 0 aromatic rings. The number of alkyl halides is 9. The van der Waals surface area contributed by atoms with Crippen molar-refractivity contribution in [2.75, 3.05) is 13.2 Å². The lowest BCUT2D eigenvalue weighted by molar-refractivity contribution is -0.396. The van der Waals surface area contributed by atoms with Crippen LogP contribution in [0.1, 0.15) is 44.9 Å². The van der Waals surface area contributed by atoms with E-state index in [1.807, 2.05) is 0 Å². The van der Waals surface area contributed by atoms with Crippen LogP contribution in [0, 0.1) is 11.3 Å². The maximum absolute atomic E-state index is 13.6. The van der Waals surface area contributed by atoms with Crippen molar-refractivity contribution in [3.63, 3.8) is 0 Å². The second-order valence-corrected chi connectivity index (χ2v) is 7.01. The van der Waals surface area contributed by atoms with E-state index in [0.29, 0.717) is 44.5 Å². The number of hydrogen-bond acceptors (Lipinski definition) is 3. The molecule has 1 aliphatic heterocycles. The zero-order valence-electron chi connectivity index (χ0n) is 15.0. The van der Waals surface area contributed by atoms with Crippen molar-refractivity contribution in [3.05, 3.63) is 11.1 Å². The van der Waals surface area contributed by atoms with Gasteiger partial charge in [-0.3, -0.25) is 0 Å². The Hall–Kier alpha value is -1.48. The first-order valence-electron chi connectivity index (χ1n) is 8.78. The molecule has 12 heteroatoms. The Kier molecular flexibility index (Phi) is 6.55. The number of nitrogens with zero attached hydrogens (tertiary/aromatic N) is 1. The van der Waals surface area contributed by atoms with Gasteiger partial charge in [0, 0.05) is 24.8 Å². The van der Waals surface area contributed by atoms with Gasteiger partial charge in [0.05, 0.1) is 19.3 Å². The molecular weight excluding hydrogens is 421 g/mol. The van der Waals surface area contributed by atoms with Gasteiger partial charge in [-0.1, -0.05) is 5.57 Å². The van der Waals surface area contributed by atoms with Crippen molar-refractivity contribution in [3.8, 4) is 6.07 Å². The number of ether oxygens (including phenoxy) is 2. The van der Waals surface area contributed by atoms with Gasteiger partial charge in [-0.05, 0) is 25.7 Å². The van der Waals surface area contributed by atoms with Crippen LogP contribution in [-0.4, -0.2) is 42.9 Å². The average molecular weight is 439 g/mol. The van der Waals surface area contributed by atoms with Crippen LogP contribution in [0.5, 0.6) is 0 Å². The molecule has 1 aliphatic carbocycles. The molecule has 0 bridgehead atoms. The molecule has 3 nitrogen and oxygen atoms in total. The number of halogens is 9. The van der Waals surface area contributed by atoms with Gasteiger partial charge in [0.25, 0.3) is 0 Å². The van der Waals surface area contributed by atoms with Crippen molar-refractivity contribution in [2.45, 2.75) is 74.7 Å². The summed E-state index contributed by atoms with van der Waals surface area (Å²) in [7, 11) is 0. The summed E-state index contributed by atoms with van der Waals surface area (Å²) in [5.74, 6) is -19.9. The van der Waals surface area contributed by atoms with Gasteiger partial charge in [0.1, 0.15) is 0 Å². The normalized spacial score (nSPS) is 20.8. The van der Waals surface area contributed by atoms with Gasteiger partial charge in [-0.25, -0.2) is 0 Å². The number of allylic oxidation sites excluding steroid dienone is 2. The van der Waals surface area contributed by atoms with Crippen molar-refractivity contribution < 1.29 is 49.0 Å². The zero-order chi connectivity index (χ0) is 22.1. The Morgan fingerprint density at radius 2 is 1.41 bits per heavy atom. The van der Waals surface area contributed by atoms with E-state index < -0.39 is 49.0 Å². The molecule has 1 saturated heterocycles. The summed E-state index contributed by atoms with van der Waals surface area (Å²) in [4.78, 5) is 0. The average Bonchev–Trinajstić information content (AvgIpc) is 3.06. The fourth-order valence-electron chi connectivity index (χ4n) is 3.38. The van der Waals surface area contributed by atoms with Crippen molar-refractivity contribution in [1.82, 2.24) is 0 Å². The quantitative estimate of drug-likeness (QED) is 0.390. The minimum atomic E-state index is -6.89. The van der Waals surface area contributed by atoms with E-state index in [-0.39, 0.29) is 5.57 Å². The van der Waals surface area contributed by atoms with Gasteiger partial charge in [-0.15, -0.1) is 0 Å². The molecule has 0 aromatic heterocycles. The monoisotopic (exact) mass is 439 g/mol. The first-order valence-corrected chi connectivity index (χ1v) is 8.78. The van der Waals surface area contributed by atoms with E-state index in [1.54, 1.807) is 6.07 Å². The van der Waals surface area contributed by atoms with Gasteiger partial charge < -0.3 is 9.47 Å². The summed E-state index contributed by atoms with van der Waals surface area (Å²) in [6.07, 6.45) is -8.59. The van der Waals surface area contributed by atoms with Crippen LogP contribution < -0.4 is 0 Å². The second-order valence-electron chi connectivity index (χ2n) is 7.01. The molecule has 0 N–H and O–H groups in total. The minimum Gasteiger partial charge on any atom is -0.348 e. The molecular formula is C17H18F9NO2. The predicted molar refractivity (Wildman–Crippen MR) is 80.5 cm³/mol. The Morgan fingerprint density at radius 3 is 1.86 bits per heavy atom. The molecule has 2 aliphatic rings. The molecule has 1 spiro atoms. The van der Waals surface area contributed by atoms with Crippen LogP contribution in [-0.2, 0) is 9.47 Å². The minimum absolute atomic E-state index is 0.0274. The van der Waals surface area contributed by atoms with E-state index in [0.717, 1.165) is 0 Å². The van der Waals surface area contributed by atoms with E-state index in [2.05, 4.69) is 0 Å². The maximum atomic E-state index is 13.6. The molecule has 1 saturated carbocycles. The summed E-state index contributed by atoms with van der Waals surface area (Å²) in [6.45, 7) is 0.825. The highest BCUT2D eigenvalue weighted by atomic mass is 19.4. The molecule has 166 valence electrons. The fourth-order valence-corrected chi connectivity index (χ4v) is 3.38. The molecule has 0 amide bonds. The molecule has 1 heterocycles. The largest absolute Gasteiger partial charge is 0.460 e. The highest BCUT2D eigenvalue weighted by molar-refractivity contribution is 5.29. The Labute approximate surface area is 160 Å². The Balaban J connectivity index is 2.00. The SMILES string of the molecule is N#CC(CCCC(F)(F)C(F)(F)C(F)(F)C(F)(F)F)=C1CCC2(CC1)OCCO2. The van der Waals surface area contributed by atoms with E-state index in [1.165, 1.54) is 0 Å². The molecule has 2 fully saturated rings. The molecule has 29 heavy (non-hydrogen) atoms. The molecule has 0 unspecified atom stereocenters. The third-order valence-electron chi connectivity index (χ3n) is 5.12. The van der Waals surface area contributed by atoms with Crippen LogP contribution in [0.4, 0.5) is 39.5 Å². The highest BCUT2D eigenvalue weighted by Crippen LogP contribution is 2.54. The summed E-state index contributed by atoms with van der Waals surface area (Å²) in [6, 6.07) is 1.77. The summed E-state index contributed by atoms with van der Waals surface area (Å²) >= 11 is 0. The van der Waals surface area contributed by atoms with Crippen molar-refractivity contribution in [1.29, 1.82) is 5.26 Å². The van der Waals surface area contributed by atoms with Gasteiger partial charge in [-0.2, -0.15) is 44.8 Å². The van der Waals surface area contributed by atoms with Crippen molar-refractivity contribution in [2.24, 2.45) is 0 Å². The third kappa shape index (κ3) is 4.50. The second kappa shape index (κ2) is 7.98. The van der Waals surface area contributed by atoms with Gasteiger partial charge >= 0.3 is 23.9 Å². The maximum Gasteiger partial charge on any atom is 0.460 e. The van der Waals surface area contributed by atoms with Crippen LogP contribution in [0.25, 0.3) is 0 Å². The predicted octanol–water partition coefficient (Wildman–Crippen LogP) is 5.76. The van der Waals surface area contributed by atoms with E-state index in [4.69, 9.17) is 9.47 Å². The smallest absolute Gasteiger partial charge is 0.348 e. The summed E-state index contributed by atoms with van der Waals surface area (Å²) < 4.78 is 127.